The van der Waals surface area contributed by atoms with Crippen LogP contribution in [0.4, 0.5) is 11.6 Å². The standard InChI is InChI=1S/C12H13IN4/c1-8(9-3-2-4-11(14)5-9)17-12-15-6-10(13)7-16-12/h2-8H,14H2,1H3,(H,15,16,17). The van der Waals surface area contributed by atoms with Crippen molar-refractivity contribution >= 4 is 34.2 Å². The summed E-state index contributed by atoms with van der Waals surface area (Å²) in [7, 11) is 0. The predicted octanol–water partition coefficient (Wildman–Crippen LogP) is 2.84. The highest BCUT2D eigenvalue weighted by atomic mass is 127. The Kier molecular flexibility index (Phi) is 3.78. The van der Waals surface area contributed by atoms with E-state index in [0.29, 0.717) is 5.95 Å². The molecule has 88 valence electrons. The van der Waals surface area contributed by atoms with Gasteiger partial charge in [0.25, 0.3) is 0 Å². The molecule has 0 aliphatic carbocycles. The molecular formula is C12H13IN4. The molecule has 0 bridgehead atoms. The van der Waals surface area contributed by atoms with Crippen LogP contribution >= 0.6 is 22.6 Å². The van der Waals surface area contributed by atoms with E-state index in [2.05, 4.69) is 44.8 Å². The number of hydrogen-bond acceptors (Lipinski definition) is 4. The van der Waals surface area contributed by atoms with Gasteiger partial charge in [-0.2, -0.15) is 0 Å². The van der Waals surface area contributed by atoms with Crippen LogP contribution in [-0.4, -0.2) is 9.97 Å². The van der Waals surface area contributed by atoms with Gasteiger partial charge in [-0.3, -0.25) is 0 Å². The van der Waals surface area contributed by atoms with Crippen molar-refractivity contribution in [1.29, 1.82) is 0 Å². The van der Waals surface area contributed by atoms with Crippen molar-refractivity contribution in [2.75, 3.05) is 11.1 Å². The van der Waals surface area contributed by atoms with Gasteiger partial charge in [0.15, 0.2) is 0 Å². The normalized spacial score (nSPS) is 12.1. The molecule has 2 aromatic rings. The lowest BCUT2D eigenvalue weighted by Gasteiger charge is -2.14. The fraction of sp³-hybridized carbons (Fsp3) is 0.167. The van der Waals surface area contributed by atoms with Crippen molar-refractivity contribution in [2.24, 2.45) is 0 Å². The zero-order chi connectivity index (χ0) is 12.3. The first kappa shape index (κ1) is 12.1. The number of benzene rings is 1. The predicted molar refractivity (Wildman–Crippen MR) is 77.6 cm³/mol. The van der Waals surface area contributed by atoms with Crippen molar-refractivity contribution < 1.29 is 0 Å². The second-order valence-electron chi connectivity index (χ2n) is 3.76. The maximum atomic E-state index is 5.75. The van der Waals surface area contributed by atoms with Gasteiger partial charge in [-0.15, -0.1) is 0 Å². The Labute approximate surface area is 114 Å². The second-order valence-corrected chi connectivity index (χ2v) is 5.01. The molecule has 0 radical (unpaired) electrons. The molecule has 2 rings (SSSR count). The van der Waals surface area contributed by atoms with Crippen LogP contribution in [0.1, 0.15) is 18.5 Å². The molecule has 1 unspecified atom stereocenters. The Morgan fingerprint density at radius 2 is 2.00 bits per heavy atom. The van der Waals surface area contributed by atoms with Gasteiger partial charge in [0.05, 0.1) is 6.04 Å². The van der Waals surface area contributed by atoms with Crippen molar-refractivity contribution in [3.05, 3.63) is 45.8 Å². The molecule has 1 aromatic heterocycles. The van der Waals surface area contributed by atoms with E-state index >= 15 is 0 Å². The van der Waals surface area contributed by atoms with Crippen LogP contribution in [0.3, 0.4) is 0 Å². The summed E-state index contributed by atoms with van der Waals surface area (Å²) in [5.74, 6) is 0.625. The van der Waals surface area contributed by atoms with E-state index in [4.69, 9.17) is 5.73 Å². The van der Waals surface area contributed by atoms with Gasteiger partial charge < -0.3 is 11.1 Å². The first-order valence-corrected chi connectivity index (χ1v) is 6.32. The lowest BCUT2D eigenvalue weighted by atomic mass is 10.1. The first-order chi connectivity index (χ1) is 8.15. The maximum absolute atomic E-state index is 5.75. The Morgan fingerprint density at radius 1 is 1.29 bits per heavy atom. The molecule has 1 atom stereocenters. The van der Waals surface area contributed by atoms with Crippen molar-refractivity contribution in [3.63, 3.8) is 0 Å². The molecule has 1 heterocycles. The average Bonchev–Trinajstić information content (AvgIpc) is 2.32. The van der Waals surface area contributed by atoms with E-state index in [1.165, 1.54) is 0 Å². The molecular weight excluding hydrogens is 327 g/mol. The van der Waals surface area contributed by atoms with Gasteiger partial charge in [0.2, 0.25) is 5.95 Å². The summed E-state index contributed by atoms with van der Waals surface area (Å²) < 4.78 is 1.02. The number of nitrogens with zero attached hydrogens (tertiary/aromatic N) is 2. The summed E-state index contributed by atoms with van der Waals surface area (Å²) in [5, 5.41) is 3.23. The highest BCUT2D eigenvalue weighted by Gasteiger charge is 2.06. The zero-order valence-electron chi connectivity index (χ0n) is 9.39. The van der Waals surface area contributed by atoms with E-state index in [1.807, 2.05) is 24.3 Å². The van der Waals surface area contributed by atoms with Crippen molar-refractivity contribution in [1.82, 2.24) is 9.97 Å². The third-order valence-corrected chi connectivity index (χ3v) is 2.93. The molecule has 0 saturated heterocycles. The summed E-state index contributed by atoms with van der Waals surface area (Å²) in [6.45, 7) is 2.05. The van der Waals surface area contributed by atoms with E-state index in [-0.39, 0.29) is 6.04 Å². The van der Waals surface area contributed by atoms with Crippen LogP contribution in [-0.2, 0) is 0 Å². The number of anilines is 2. The minimum Gasteiger partial charge on any atom is -0.399 e. The van der Waals surface area contributed by atoms with Crippen LogP contribution in [0.2, 0.25) is 0 Å². The van der Waals surface area contributed by atoms with Gasteiger partial charge >= 0.3 is 0 Å². The molecule has 0 fully saturated rings. The van der Waals surface area contributed by atoms with Gasteiger partial charge in [-0.1, -0.05) is 12.1 Å². The number of halogens is 1. The first-order valence-electron chi connectivity index (χ1n) is 5.24. The van der Waals surface area contributed by atoms with Crippen LogP contribution in [0, 0.1) is 3.57 Å². The van der Waals surface area contributed by atoms with Crippen LogP contribution in [0.25, 0.3) is 0 Å². The second kappa shape index (κ2) is 5.31. The van der Waals surface area contributed by atoms with E-state index in [9.17, 15) is 0 Å². The number of nitrogens with two attached hydrogens (primary N) is 1. The Balaban J connectivity index is 2.11. The fourth-order valence-corrected chi connectivity index (χ4v) is 1.77. The topological polar surface area (TPSA) is 63.8 Å². The number of hydrogen-bond donors (Lipinski definition) is 2. The number of aromatic nitrogens is 2. The van der Waals surface area contributed by atoms with Gasteiger partial charge in [0.1, 0.15) is 0 Å². The lowest BCUT2D eigenvalue weighted by molar-refractivity contribution is 0.860. The smallest absolute Gasteiger partial charge is 0.223 e. The average molecular weight is 340 g/mol. The number of nitrogens with one attached hydrogen (secondary N) is 1. The highest BCUT2D eigenvalue weighted by Crippen LogP contribution is 2.18. The Morgan fingerprint density at radius 3 is 2.65 bits per heavy atom. The molecule has 0 aliphatic rings. The fourth-order valence-electron chi connectivity index (χ4n) is 1.49. The monoisotopic (exact) mass is 340 g/mol. The Hall–Kier alpha value is -1.37. The Bertz CT molecular complexity index is 498. The zero-order valence-corrected chi connectivity index (χ0v) is 11.5. The molecule has 1 aromatic carbocycles. The third-order valence-electron chi connectivity index (χ3n) is 2.38. The van der Waals surface area contributed by atoms with E-state index in [0.717, 1.165) is 14.8 Å². The van der Waals surface area contributed by atoms with E-state index in [1.54, 1.807) is 12.4 Å². The summed E-state index contributed by atoms with van der Waals surface area (Å²) in [4.78, 5) is 8.41. The molecule has 5 heteroatoms. The van der Waals surface area contributed by atoms with Gasteiger partial charge in [0, 0.05) is 21.7 Å². The number of rotatable bonds is 3. The van der Waals surface area contributed by atoms with Crippen LogP contribution in [0.5, 0.6) is 0 Å². The van der Waals surface area contributed by atoms with Gasteiger partial charge in [-0.25, -0.2) is 9.97 Å². The van der Waals surface area contributed by atoms with E-state index < -0.39 is 0 Å². The largest absolute Gasteiger partial charge is 0.399 e. The van der Waals surface area contributed by atoms with Crippen LogP contribution in [0.15, 0.2) is 36.7 Å². The molecule has 17 heavy (non-hydrogen) atoms. The third kappa shape index (κ3) is 3.29. The summed E-state index contributed by atoms with van der Waals surface area (Å²) in [6, 6.07) is 7.92. The quantitative estimate of drug-likeness (QED) is 0.666. The van der Waals surface area contributed by atoms with Gasteiger partial charge in [-0.05, 0) is 47.2 Å². The van der Waals surface area contributed by atoms with Crippen molar-refractivity contribution in [3.8, 4) is 0 Å². The molecule has 0 spiro atoms. The number of nitrogen functional groups attached to an aromatic ring is 1. The SMILES string of the molecule is CC(Nc1ncc(I)cn1)c1cccc(N)c1. The maximum Gasteiger partial charge on any atom is 0.223 e. The molecule has 0 aliphatic heterocycles. The minimum absolute atomic E-state index is 0.124. The lowest BCUT2D eigenvalue weighted by Crippen LogP contribution is -2.09. The summed E-state index contributed by atoms with van der Waals surface area (Å²) in [5.41, 5.74) is 7.63. The van der Waals surface area contributed by atoms with Crippen LogP contribution < -0.4 is 11.1 Å². The molecule has 3 N–H and O–H groups in total. The molecule has 4 nitrogen and oxygen atoms in total. The summed E-state index contributed by atoms with van der Waals surface area (Å²) in [6.07, 6.45) is 3.56. The molecule has 0 amide bonds. The molecule has 0 saturated carbocycles. The minimum atomic E-state index is 0.124. The highest BCUT2D eigenvalue weighted by molar-refractivity contribution is 14.1. The summed E-state index contributed by atoms with van der Waals surface area (Å²) >= 11 is 2.18. The van der Waals surface area contributed by atoms with Crippen molar-refractivity contribution in [2.45, 2.75) is 13.0 Å².